The zero-order chi connectivity index (χ0) is 17.4. The van der Waals surface area contributed by atoms with Crippen LogP contribution in [0.25, 0.3) is 32.0 Å². The second kappa shape index (κ2) is 4.88. The smallest absolute Gasteiger partial charge is 0.456 e. The van der Waals surface area contributed by atoms with E-state index in [1.165, 1.54) is 10.1 Å². The summed E-state index contributed by atoms with van der Waals surface area (Å²) in [6.45, 7) is 8.28. The molecular formula is C20H19BO3S. The highest BCUT2D eigenvalue weighted by molar-refractivity contribution is 7.17. The Bertz CT molecular complexity index is 1110. The van der Waals surface area contributed by atoms with Gasteiger partial charge in [0.2, 0.25) is 0 Å². The molecule has 0 spiro atoms. The summed E-state index contributed by atoms with van der Waals surface area (Å²) in [4.78, 5) is 0. The second-order valence-electron chi connectivity index (χ2n) is 7.75. The van der Waals surface area contributed by atoms with Crippen LogP contribution in [0.2, 0.25) is 0 Å². The number of rotatable bonds is 1. The van der Waals surface area contributed by atoms with Gasteiger partial charge in [0.15, 0.2) is 0 Å². The first-order chi connectivity index (χ1) is 11.8. The topological polar surface area (TPSA) is 31.6 Å². The Morgan fingerprint density at radius 3 is 2.32 bits per heavy atom. The van der Waals surface area contributed by atoms with Crippen LogP contribution in [-0.2, 0) is 9.31 Å². The molecule has 0 radical (unpaired) electrons. The Hall–Kier alpha value is -1.82. The van der Waals surface area contributed by atoms with E-state index in [1.54, 1.807) is 11.3 Å². The van der Waals surface area contributed by atoms with Crippen molar-refractivity contribution in [1.29, 1.82) is 0 Å². The molecule has 3 nitrogen and oxygen atoms in total. The molecule has 0 bridgehead atoms. The van der Waals surface area contributed by atoms with E-state index < -0.39 is 0 Å². The molecule has 0 atom stereocenters. The van der Waals surface area contributed by atoms with Gasteiger partial charge < -0.3 is 13.7 Å². The standard InChI is InChI=1S/C20H19BO3S/c1-19(2)20(3,4)24-21(23-19)13-5-6-14-15-9-12-7-8-25-18(12)11-17(15)22-16(14)10-13/h5-11H,1-4H3. The number of thiophene rings is 1. The van der Waals surface area contributed by atoms with Gasteiger partial charge in [-0.15, -0.1) is 11.3 Å². The molecule has 0 saturated carbocycles. The van der Waals surface area contributed by atoms with Crippen molar-refractivity contribution in [2.75, 3.05) is 0 Å². The third-order valence-corrected chi connectivity index (χ3v) is 6.48. The minimum atomic E-state index is -0.369. The Kier molecular flexibility index (Phi) is 3.01. The molecule has 126 valence electrons. The van der Waals surface area contributed by atoms with Crippen molar-refractivity contribution in [3.63, 3.8) is 0 Å². The van der Waals surface area contributed by atoms with Gasteiger partial charge in [0.1, 0.15) is 11.2 Å². The van der Waals surface area contributed by atoms with Crippen LogP contribution in [-0.4, -0.2) is 18.3 Å². The highest BCUT2D eigenvalue weighted by Crippen LogP contribution is 2.37. The van der Waals surface area contributed by atoms with Crippen LogP contribution < -0.4 is 5.46 Å². The number of fused-ring (bicyclic) bond motifs is 4. The number of benzene rings is 2. The summed E-state index contributed by atoms with van der Waals surface area (Å²) in [6, 6.07) is 12.7. The number of hydrogen-bond acceptors (Lipinski definition) is 4. The van der Waals surface area contributed by atoms with Crippen LogP contribution in [0.15, 0.2) is 46.2 Å². The lowest BCUT2D eigenvalue weighted by molar-refractivity contribution is 0.00578. The third-order valence-electron chi connectivity index (χ3n) is 5.60. The maximum Gasteiger partial charge on any atom is 0.494 e. The Labute approximate surface area is 150 Å². The molecule has 2 aromatic heterocycles. The minimum Gasteiger partial charge on any atom is -0.456 e. The van der Waals surface area contributed by atoms with Gasteiger partial charge in [0, 0.05) is 15.5 Å². The molecule has 1 aliphatic heterocycles. The third kappa shape index (κ3) is 2.19. The Balaban J connectivity index is 1.63. The average molecular weight is 350 g/mol. The van der Waals surface area contributed by atoms with Crippen LogP contribution in [0.1, 0.15) is 27.7 Å². The normalized spacial score (nSPS) is 19.4. The van der Waals surface area contributed by atoms with E-state index in [4.69, 9.17) is 13.7 Å². The minimum absolute atomic E-state index is 0.342. The second-order valence-corrected chi connectivity index (χ2v) is 8.70. The predicted molar refractivity (Wildman–Crippen MR) is 105 cm³/mol. The SMILES string of the molecule is CC1(C)OB(c2ccc3c(c2)oc2cc4sccc4cc23)OC1(C)C. The van der Waals surface area contributed by atoms with Crippen molar-refractivity contribution in [2.24, 2.45) is 0 Å². The van der Waals surface area contributed by atoms with Gasteiger partial charge in [-0.1, -0.05) is 12.1 Å². The van der Waals surface area contributed by atoms with Crippen molar-refractivity contribution < 1.29 is 13.7 Å². The summed E-state index contributed by atoms with van der Waals surface area (Å²) in [5.74, 6) is 0. The van der Waals surface area contributed by atoms with Crippen molar-refractivity contribution in [1.82, 2.24) is 0 Å². The van der Waals surface area contributed by atoms with E-state index in [2.05, 4.69) is 63.4 Å². The Morgan fingerprint density at radius 2 is 1.56 bits per heavy atom. The van der Waals surface area contributed by atoms with E-state index in [-0.39, 0.29) is 18.3 Å². The maximum absolute atomic E-state index is 6.16. The molecular weight excluding hydrogens is 331 g/mol. The van der Waals surface area contributed by atoms with Crippen molar-refractivity contribution in [3.8, 4) is 0 Å². The summed E-state index contributed by atoms with van der Waals surface area (Å²) in [5.41, 5.74) is 2.11. The summed E-state index contributed by atoms with van der Waals surface area (Å²) in [7, 11) is -0.369. The number of furan rings is 1. The molecule has 4 aromatic rings. The molecule has 0 amide bonds. The summed E-state index contributed by atoms with van der Waals surface area (Å²) in [6.07, 6.45) is 0. The molecule has 5 rings (SSSR count). The lowest BCUT2D eigenvalue weighted by Crippen LogP contribution is -2.41. The lowest BCUT2D eigenvalue weighted by atomic mass is 9.79. The predicted octanol–water partition coefficient (Wildman–Crippen LogP) is 5.10. The lowest BCUT2D eigenvalue weighted by Gasteiger charge is -2.32. The zero-order valence-electron chi connectivity index (χ0n) is 14.8. The van der Waals surface area contributed by atoms with Crippen LogP contribution in [0.3, 0.4) is 0 Å². The largest absolute Gasteiger partial charge is 0.494 e. The zero-order valence-corrected chi connectivity index (χ0v) is 15.6. The summed E-state index contributed by atoms with van der Waals surface area (Å²) < 4.78 is 19.7. The van der Waals surface area contributed by atoms with Gasteiger partial charge in [-0.3, -0.25) is 0 Å². The van der Waals surface area contributed by atoms with Crippen LogP contribution in [0.5, 0.6) is 0 Å². The summed E-state index contributed by atoms with van der Waals surface area (Å²) >= 11 is 1.74. The highest BCUT2D eigenvalue weighted by atomic mass is 32.1. The first-order valence-corrected chi connectivity index (χ1v) is 9.41. The monoisotopic (exact) mass is 350 g/mol. The average Bonchev–Trinajstić information content (AvgIpc) is 3.18. The van der Waals surface area contributed by atoms with Crippen LogP contribution >= 0.6 is 11.3 Å². The quantitative estimate of drug-likeness (QED) is 0.448. The van der Waals surface area contributed by atoms with Crippen molar-refractivity contribution >= 4 is 55.9 Å². The molecule has 0 unspecified atom stereocenters. The van der Waals surface area contributed by atoms with E-state index in [9.17, 15) is 0 Å². The van der Waals surface area contributed by atoms with Crippen molar-refractivity contribution in [2.45, 2.75) is 38.9 Å². The van der Waals surface area contributed by atoms with E-state index in [0.29, 0.717) is 0 Å². The molecule has 5 heteroatoms. The number of hydrogen-bond donors (Lipinski definition) is 0. The van der Waals surface area contributed by atoms with Gasteiger partial charge in [-0.2, -0.15) is 0 Å². The fraction of sp³-hybridized carbons (Fsp3) is 0.300. The Morgan fingerprint density at radius 1 is 0.840 bits per heavy atom. The van der Waals surface area contributed by atoms with Crippen molar-refractivity contribution in [3.05, 3.63) is 41.8 Å². The molecule has 1 fully saturated rings. The molecule has 0 aliphatic carbocycles. The summed E-state index contributed by atoms with van der Waals surface area (Å²) in [5, 5.41) is 5.65. The first kappa shape index (κ1) is 15.4. The van der Waals surface area contributed by atoms with Gasteiger partial charge in [0.05, 0.1) is 11.2 Å². The molecule has 3 heterocycles. The maximum atomic E-state index is 6.16. The van der Waals surface area contributed by atoms with Gasteiger partial charge in [-0.05, 0) is 68.2 Å². The molecule has 0 N–H and O–H groups in total. The first-order valence-electron chi connectivity index (χ1n) is 8.53. The van der Waals surface area contributed by atoms with Gasteiger partial charge in [0.25, 0.3) is 0 Å². The highest BCUT2D eigenvalue weighted by Gasteiger charge is 2.51. The van der Waals surface area contributed by atoms with Gasteiger partial charge >= 0.3 is 7.12 Å². The molecule has 1 aliphatic rings. The van der Waals surface area contributed by atoms with Crippen LogP contribution in [0, 0.1) is 0 Å². The fourth-order valence-electron chi connectivity index (χ4n) is 3.38. The molecule has 25 heavy (non-hydrogen) atoms. The molecule has 1 saturated heterocycles. The molecule has 2 aromatic carbocycles. The van der Waals surface area contributed by atoms with E-state index >= 15 is 0 Å². The fourth-order valence-corrected chi connectivity index (χ4v) is 4.18. The van der Waals surface area contributed by atoms with E-state index in [1.807, 2.05) is 6.07 Å². The van der Waals surface area contributed by atoms with Crippen LogP contribution in [0.4, 0.5) is 0 Å². The van der Waals surface area contributed by atoms with Gasteiger partial charge in [-0.25, -0.2) is 0 Å². The van der Waals surface area contributed by atoms with E-state index in [0.717, 1.165) is 27.4 Å².